The fraction of sp³-hybridized carbons (Fsp3) is 0.889. The molecule has 0 aromatic rings. The highest BCUT2D eigenvalue weighted by atomic mass is 19.3. The van der Waals surface area contributed by atoms with E-state index >= 15 is 0 Å². The summed E-state index contributed by atoms with van der Waals surface area (Å²) in [4.78, 5) is 10.9. The van der Waals surface area contributed by atoms with Gasteiger partial charge in [-0.1, -0.05) is 20.8 Å². The normalized spacial score (nSPS) is 12.2. The van der Waals surface area contributed by atoms with Gasteiger partial charge in [0.2, 0.25) is 5.78 Å². The van der Waals surface area contributed by atoms with Crippen molar-refractivity contribution in [3.63, 3.8) is 0 Å². The standard InChI is InChI=1S/C9H16F2O/c1-4-5-8(12)9(10,11)6-7(2)3/h7H,4-6H2,1-3H3. The molecule has 1 nitrogen and oxygen atoms in total. The first kappa shape index (κ1) is 11.5. The van der Waals surface area contributed by atoms with Gasteiger partial charge in [0.1, 0.15) is 0 Å². The van der Waals surface area contributed by atoms with Crippen molar-refractivity contribution in [3.8, 4) is 0 Å². The molecule has 0 bridgehead atoms. The zero-order valence-corrected chi connectivity index (χ0v) is 7.86. The van der Waals surface area contributed by atoms with E-state index in [0.29, 0.717) is 6.42 Å². The summed E-state index contributed by atoms with van der Waals surface area (Å²) >= 11 is 0. The van der Waals surface area contributed by atoms with Gasteiger partial charge in [-0.05, 0) is 12.3 Å². The van der Waals surface area contributed by atoms with Crippen molar-refractivity contribution in [2.24, 2.45) is 5.92 Å². The summed E-state index contributed by atoms with van der Waals surface area (Å²) in [5.74, 6) is -4.16. The van der Waals surface area contributed by atoms with Crippen molar-refractivity contribution >= 4 is 5.78 Å². The Kier molecular flexibility index (Phi) is 4.35. The van der Waals surface area contributed by atoms with Gasteiger partial charge >= 0.3 is 5.92 Å². The molecule has 0 unspecified atom stereocenters. The first-order valence-corrected chi connectivity index (χ1v) is 4.31. The molecule has 0 rings (SSSR count). The van der Waals surface area contributed by atoms with Gasteiger partial charge in [0, 0.05) is 12.8 Å². The zero-order chi connectivity index (χ0) is 9.78. The van der Waals surface area contributed by atoms with Crippen LogP contribution in [-0.4, -0.2) is 11.7 Å². The van der Waals surface area contributed by atoms with Crippen LogP contribution in [0.1, 0.15) is 40.0 Å². The molecule has 0 aromatic heterocycles. The topological polar surface area (TPSA) is 17.1 Å². The van der Waals surface area contributed by atoms with Crippen molar-refractivity contribution < 1.29 is 13.6 Å². The number of hydrogen-bond acceptors (Lipinski definition) is 1. The fourth-order valence-electron chi connectivity index (χ4n) is 1.04. The van der Waals surface area contributed by atoms with Crippen LogP contribution >= 0.6 is 0 Å². The number of halogens is 2. The number of rotatable bonds is 5. The molecule has 0 aliphatic heterocycles. The Morgan fingerprint density at radius 1 is 1.42 bits per heavy atom. The van der Waals surface area contributed by atoms with Gasteiger partial charge in [-0.25, -0.2) is 0 Å². The van der Waals surface area contributed by atoms with Gasteiger partial charge in [-0.15, -0.1) is 0 Å². The van der Waals surface area contributed by atoms with E-state index in [1.165, 1.54) is 0 Å². The maximum absolute atomic E-state index is 12.9. The smallest absolute Gasteiger partial charge is 0.293 e. The molecule has 72 valence electrons. The van der Waals surface area contributed by atoms with Gasteiger partial charge in [0.15, 0.2) is 0 Å². The zero-order valence-electron chi connectivity index (χ0n) is 7.86. The van der Waals surface area contributed by atoms with Crippen LogP contribution in [0.15, 0.2) is 0 Å². The van der Waals surface area contributed by atoms with Gasteiger partial charge in [0.05, 0.1) is 0 Å². The SMILES string of the molecule is CCCC(=O)C(F)(F)CC(C)C. The molecule has 0 aliphatic carbocycles. The highest BCUT2D eigenvalue weighted by Crippen LogP contribution is 2.25. The van der Waals surface area contributed by atoms with E-state index in [2.05, 4.69) is 0 Å². The lowest BCUT2D eigenvalue weighted by atomic mass is 10.00. The molecule has 0 spiro atoms. The highest BCUT2D eigenvalue weighted by Gasteiger charge is 2.37. The molecule has 0 aliphatic rings. The lowest BCUT2D eigenvalue weighted by Crippen LogP contribution is -2.29. The van der Waals surface area contributed by atoms with Gasteiger partial charge in [-0.2, -0.15) is 8.78 Å². The molecule has 0 radical (unpaired) electrons. The van der Waals surface area contributed by atoms with Crippen molar-refractivity contribution in [1.82, 2.24) is 0 Å². The second-order valence-electron chi connectivity index (χ2n) is 3.48. The van der Waals surface area contributed by atoms with E-state index in [0.717, 1.165) is 0 Å². The number of alkyl halides is 2. The average molecular weight is 178 g/mol. The molecule has 3 heteroatoms. The third kappa shape index (κ3) is 3.79. The third-order valence-electron chi connectivity index (χ3n) is 1.55. The van der Waals surface area contributed by atoms with Crippen LogP contribution in [0.3, 0.4) is 0 Å². The van der Waals surface area contributed by atoms with E-state index in [1.54, 1.807) is 20.8 Å². The maximum Gasteiger partial charge on any atom is 0.305 e. The lowest BCUT2D eigenvalue weighted by Gasteiger charge is -2.16. The highest BCUT2D eigenvalue weighted by molar-refractivity contribution is 5.85. The molecule has 0 saturated heterocycles. The van der Waals surface area contributed by atoms with Crippen molar-refractivity contribution in [2.45, 2.75) is 46.0 Å². The Morgan fingerprint density at radius 2 is 1.92 bits per heavy atom. The van der Waals surface area contributed by atoms with Crippen molar-refractivity contribution in [3.05, 3.63) is 0 Å². The number of hydrogen-bond donors (Lipinski definition) is 0. The minimum absolute atomic E-state index is 0.0142. The Balaban J connectivity index is 4.09. The third-order valence-corrected chi connectivity index (χ3v) is 1.55. The second kappa shape index (κ2) is 4.53. The van der Waals surface area contributed by atoms with E-state index < -0.39 is 11.7 Å². The molecule has 0 N–H and O–H groups in total. The summed E-state index contributed by atoms with van der Waals surface area (Å²) in [7, 11) is 0. The van der Waals surface area contributed by atoms with E-state index in [1.807, 2.05) is 0 Å². The first-order valence-electron chi connectivity index (χ1n) is 4.31. The molecular weight excluding hydrogens is 162 g/mol. The number of carbonyl (C=O) groups is 1. The summed E-state index contributed by atoms with van der Waals surface area (Å²) < 4.78 is 25.8. The maximum atomic E-state index is 12.9. The van der Waals surface area contributed by atoms with E-state index in [9.17, 15) is 13.6 Å². The molecule has 0 aromatic carbocycles. The van der Waals surface area contributed by atoms with Crippen LogP contribution in [0.2, 0.25) is 0 Å². The second-order valence-corrected chi connectivity index (χ2v) is 3.48. The Bertz CT molecular complexity index is 153. The van der Waals surface area contributed by atoms with Gasteiger partial charge < -0.3 is 0 Å². The van der Waals surface area contributed by atoms with Crippen molar-refractivity contribution in [2.75, 3.05) is 0 Å². The minimum Gasteiger partial charge on any atom is -0.293 e. The fourth-order valence-corrected chi connectivity index (χ4v) is 1.04. The van der Waals surface area contributed by atoms with E-state index in [4.69, 9.17) is 0 Å². The lowest BCUT2D eigenvalue weighted by molar-refractivity contribution is -0.145. The average Bonchev–Trinajstić information content (AvgIpc) is 1.85. The first-order chi connectivity index (χ1) is 5.40. The van der Waals surface area contributed by atoms with Gasteiger partial charge in [0.25, 0.3) is 0 Å². The molecule has 12 heavy (non-hydrogen) atoms. The summed E-state index contributed by atoms with van der Waals surface area (Å²) in [6, 6.07) is 0. The Labute approximate surface area is 72.2 Å². The summed E-state index contributed by atoms with van der Waals surface area (Å²) in [6.45, 7) is 5.10. The number of ketones is 1. The summed E-state index contributed by atoms with van der Waals surface area (Å²) in [5, 5.41) is 0. The summed E-state index contributed by atoms with van der Waals surface area (Å²) in [6.07, 6.45) is 0.151. The van der Waals surface area contributed by atoms with Crippen LogP contribution in [0.5, 0.6) is 0 Å². The predicted molar refractivity (Wildman–Crippen MR) is 44.3 cm³/mol. The van der Waals surface area contributed by atoms with Crippen LogP contribution in [0.4, 0.5) is 8.78 Å². The van der Waals surface area contributed by atoms with E-state index in [-0.39, 0.29) is 18.8 Å². The Morgan fingerprint density at radius 3 is 2.25 bits per heavy atom. The molecule has 0 fully saturated rings. The molecule has 0 amide bonds. The largest absolute Gasteiger partial charge is 0.305 e. The van der Waals surface area contributed by atoms with Crippen LogP contribution in [0.25, 0.3) is 0 Å². The minimum atomic E-state index is -3.11. The molecule has 0 saturated carbocycles. The van der Waals surface area contributed by atoms with Gasteiger partial charge in [-0.3, -0.25) is 4.79 Å². The monoisotopic (exact) mass is 178 g/mol. The van der Waals surface area contributed by atoms with Crippen LogP contribution in [-0.2, 0) is 4.79 Å². The number of carbonyl (C=O) groups excluding carboxylic acids is 1. The van der Waals surface area contributed by atoms with Crippen LogP contribution in [0, 0.1) is 5.92 Å². The molecule has 0 heterocycles. The quantitative estimate of drug-likeness (QED) is 0.632. The van der Waals surface area contributed by atoms with Crippen LogP contribution < -0.4 is 0 Å². The predicted octanol–water partition coefficient (Wildman–Crippen LogP) is 3.04. The molecular formula is C9H16F2O. The Hall–Kier alpha value is -0.470. The van der Waals surface area contributed by atoms with Crippen molar-refractivity contribution in [1.29, 1.82) is 0 Å². The summed E-state index contributed by atoms with van der Waals surface area (Å²) in [5.41, 5.74) is 0. The number of Topliss-reactive ketones (excluding diaryl/α,β-unsaturated/α-hetero) is 1. The molecule has 0 atom stereocenters.